The Morgan fingerprint density at radius 2 is 1.95 bits per heavy atom. The van der Waals surface area contributed by atoms with Crippen molar-refractivity contribution in [2.24, 2.45) is 11.7 Å². The summed E-state index contributed by atoms with van der Waals surface area (Å²) in [5, 5.41) is 0. The second-order valence-electron chi connectivity index (χ2n) is 6.86. The Kier molecular flexibility index (Phi) is 6.15. The third kappa shape index (κ3) is 4.46. The number of hydrogen-bond acceptors (Lipinski definition) is 2. The first kappa shape index (κ1) is 15.3. The number of ether oxygens (including phenoxy) is 1. The average Bonchev–Trinajstić information content (AvgIpc) is 2.44. The Labute approximate surface area is 119 Å². The second kappa shape index (κ2) is 7.64. The average molecular weight is 267 g/mol. The zero-order valence-corrected chi connectivity index (χ0v) is 12.8. The van der Waals surface area contributed by atoms with E-state index in [0.717, 1.165) is 6.61 Å². The van der Waals surface area contributed by atoms with Crippen LogP contribution in [0.4, 0.5) is 0 Å². The molecule has 2 fully saturated rings. The fourth-order valence-electron chi connectivity index (χ4n) is 4.02. The van der Waals surface area contributed by atoms with Gasteiger partial charge in [-0.1, -0.05) is 51.9 Å². The van der Waals surface area contributed by atoms with Crippen molar-refractivity contribution in [1.29, 1.82) is 0 Å². The van der Waals surface area contributed by atoms with Gasteiger partial charge in [-0.15, -0.1) is 0 Å². The number of rotatable bonds is 6. The molecular weight excluding hydrogens is 234 g/mol. The summed E-state index contributed by atoms with van der Waals surface area (Å²) in [5.74, 6) is 0.716. The topological polar surface area (TPSA) is 35.2 Å². The lowest BCUT2D eigenvalue weighted by Crippen LogP contribution is -2.46. The lowest BCUT2D eigenvalue weighted by molar-refractivity contribution is -0.120. The lowest BCUT2D eigenvalue weighted by atomic mass is 9.73. The van der Waals surface area contributed by atoms with Crippen molar-refractivity contribution in [3.8, 4) is 0 Å². The Morgan fingerprint density at radius 3 is 2.68 bits per heavy atom. The summed E-state index contributed by atoms with van der Waals surface area (Å²) in [4.78, 5) is 0. The Bertz CT molecular complexity index is 242. The maximum absolute atomic E-state index is 6.47. The van der Waals surface area contributed by atoms with Crippen molar-refractivity contribution in [1.82, 2.24) is 0 Å². The quantitative estimate of drug-likeness (QED) is 0.723. The Morgan fingerprint density at radius 1 is 1.16 bits per heavy atom. The molecular formula is C17H33NO. The highest BCUT2D eigenvalue weighted by Gasteiger charge is 2.39. The molecule has 2 atom stereocenters. The molecule has 0 aromatic rings. The fourth-order valence-corrected chi connectivity index (χ4v) is 4.02. The van der Waals surface area contributed by atoms with E-state index in [2.05, 4.69) is 6.92 Å². The maximum Gasteiger partial charge on any atom is 0.0685 e. The van der Waals surface area contributed by atoms with Gasteiger partial charge in [0.05, 0.1) is 5.60 Å². The highest BCUT2D eigenvalue weighted by Crippen LogP contribution is 2.41. The Hall–Kier alpha value is -0.0800. The first-order valence-electron chi connectivity index (χ1n) is 8.65. The van der Waals surface area contributed by atoms with Crippen LogP contribution < -0.4 is 5.73 Å². The van der Waals surface area contributed by atoms with E-state index < -0.39 is 0 Å². The molecule has 2 rings (SSSR count). The van der Waals surface area contributed by atoms with Crippen molar-refractivity contribution in [2.45, 2.75) is 95.6 Å². The van der Waals surface area contributed by atoms with Crippen LogP contribution in [0.15, 0.2) is 0 Å². The minimum absolute atomic E-state index is 0.224. The summed E-state index contributed by atoms with van der Waals surface area (Å²) in [6.07, 6.45) is 15.7. The molecule has 2 nitrogen and oxygen atoms in total. The number of unbranched alkanes of at least 4 members (excludes halogenated alkanes) is 3. The van der Waals surface area contributed by atoms with Crippen molar-refractivity contribution >= 4 is 0 Å². The Balaban J connectivity index is 1.76. The summed E-state index contributed by atoms with van der Waals surface area (Å²) in [7, 11) is 0. The smallest absolute Gasteiger partial charge is 0.0685 e. The molecule has 1 saturated carbocycles. The van der Waals surface area contributed by atoms with Gasteiger partial charge in [0.1, 0.15) is 0 Å². The molecule has 1 aliphatic heterocycles. The van der Waals surface area contributed by atoms with E-state index in [9.17, 15) is 0 Å². The predicted molar refractivity (Wildman–Crippen MR) is 81.2 cm³/mol. The first-order chi connectivity index (χ1) is 9.26. The normalized spacial score (nSPS) is 28.4. The van der Waals surface area contributed by atoms with Crippen LogP contribution in [0.1, 0.15) is 84.0 Å². The summed E-state index contributed by atoms with van der Waals surface area (Å²) in [5.41, 5.74) is 6.69. The minimum atomic E-state index is 0.224. The molecule has 2 aliphatic rings. The fraction of sp³-hybridized carbons (Fsp3) is 1.00. The molecule has 0 aromatic heterocycles. The predicted octanol–water partition coefficient (Wildman–Crippen LogP) is 4.41. The van der Waals surface area contributed by atoms with E-state index in [1.165, 1.54) is 77.0 Å². The van der Waals surface area contributed by atoms with Crippen LogP contribution in [0.2, 0.25) is 0 Å². The molecule has 112 valence electrons. The van der Waals surface area contributed by atoms with Gasteiger partial charge in [0.2, 0.25) is 0 Å². The molecule has 1 aliphatic carbocycles. The zero-order valence-electron chi connectivity index (χ0n) is 12.8. The van der Waals surface area contributed by atoms with Crippen LogP contribution in [-0.4, -0.2) is 18.2 Å². The number of nitrogens with two attached hydrogens (primary N) is 1. The maximum atomic E-state index is 6.47. The SMILES string of the molecule is CCCCCCC(N)C1CCOC2(CCCCC2)C1. The molecule has 2 heteroatoms. The molecule has 0 amide bonds. The third-order valence-electron chi connectivity index (χ3n) is 5.29. The van der Waals surface area contributed by atoms with Gasteiger partial charge in [-0.05, 0) is 38.0 Å². The van der Waals surface area contributed by atoms with Crippen LogP contribution in [0, 0.1) is 5.92 Å². The molecule has 1 saturated heterocycles. The van der Waals surface area contributed by atoms with Gasteiger partial charge < -0.3 is 10.5 Å². The van der Waals surface area contributed by atoms with Crippen molar-refractivity contribution in [3.63, 3.8) is 0 Å². The summed E-state index contributed by atoms with van der Waals surface area (Å²) in [6, 6.07) is 0.416. The van der Waals surface area contributed by atoms with E-state index >= 15 is 0 Å². The molecule has 1 spiro atoms. The summed E-state index contributed by atoms with van der Waals surface area (Å²) >= 11 is 0. The van der Waals surface area contributed by atoms with Gasteiger partial charge in [-0.3, -0.25) is 0 Å². The monoisotopic (exact) mass is 267 g/mol. The first-order valence-corrected chi connectivity index (χ1v) is 8.65. The number of hydrogen-bond donors (Lipinski definition) is 1. The van der Waals surface area contributed by atoms with Gasteiger partial charge in [0.25, 0.3) is 0 Å². The third-order valence-corrected chi connectivity index (χ3v) is 5.29. The van der Waals surface area contributed by atoms with E-state index in [1.54, 1.807) is 0 Å². The van der Waals surface area contributed by atoms with Gasteiger partial charge in [0.15, 0.2) is 0 Å². The van der Waals surface area contributed by atoms with Crippen LogP contribution in [0.5, 0.6) is 0 Å². The lowest BCUT2D eigenvalue weighted by Gasteiger charge is -2.45. The molecule has 0 aromatic carbocycles. The molecule has 1 heterocycles. The molecule has 2 N–H and O–H groups in total. The van der Waals surface area contributed by atoms with Gasteiger partial charge in [-0.2, -0.15) is 0 Å². The van der Waals surface area contributed by atoms with Crippen molar-refractivity contribution in [3.05, 3.63) is 0 Å². The van der Waals surface area contributed by atoms with E-state index in [-0.39, 0.29) is 5.60 Å². The van der Waals surface area contributed by atoms with Crippen LogP contribution >= 0.6 is 0 Å². The van der Waals surface area contributed by atoms with Crippen molar-refractivity contribution < 1.29 is 4.74 Å². The largest absolute Gasteiger partial charge is 0.375 e. The van der Waals surface area contributed by atoms with Crippen molar-refractivity contribution in [2.75, 3.05) is 6.61 Å². The molecule has 0 bridgehead atoms. The second-order valence-corrected chi connectivity index (χ2v) is 6.86. The summed E-state index contributed by atoms with van der Waals surface area (Å²) in [6.45, 7) is 3.22. The van der Waals surface area contributed by atoms with Crippen LogP contribution in [-0.2, 0) is 4.74 Å². The zero-order chi connectivity index (χ0) is 13.6. The molecule has 0 radical (unpaired) electrons. The standard InChI is InChI=1S/C17H33NO/c1-2-3-4-6-9-16(18)15-10-13-19-17(14-15)11-7-5-8-12-17/h15-16H,2-14,18H2,1H3. The van der Waals surface area contributed by atoms with E-state index in [4.69, 9.17) is 10.5 Å². The summed E-state index contributed by atoms with van der Waals surface area (Å²) < 4.78 is 6.17. The molecule has 19 heavy (non-hydrogen) atoms. The highest BCUT2D eigenvalue weighted by molar-refractivity contribution is 4.92. The minimum Gasteiger partial charge on any atom is -0.375 e. The van der Waals surface area contributed by atoms with Crippen LogP contribution in [0.25, 0.3) is 0 Å². The van der Waals surface area contributed by atoms with Crippen LogP contribution in [0.3, 0.4) is 0 Å². The van der Waals surface area contributed by atoms with E-state index in [1.807, 2.05) is 0 Å². The highest BCUT2D eigenvalue weighted by atomic mass is 16.5. The van der Waals surface area contributed by atoms with Gasteiger partial charge >= 0.3 is 0 Å². The van der Waals surface area contributed by atoms with E-state index in [0.29, 0.717) is 12.0 Å². The van der Waals surface area contributed by atoms with Gasteiger partial charge in [-0.25, -0.2) is 0 Å². The molecule has 2 unspecified atom stereocenters. The van der Waals surface area contributed by atoms with Gasteiger partial charge in [0, 0.05) is 12.6 Å².